The Morgan fingerprint density at radius 3 is 2.37 bits per heavy atom. The quantitative estimate of drug-likeness (QED) is 0.880. The van der Waals surface area contributed by atoms with Crippen molar-refractivity contribution in [1.82, 2.24) is 4.57 Å². The van der Waals surface area contributed by atoms with Crippen molar-refractivity contribution in [2.75, 3.05) is 6.54 Å². The van der Waals surface area contributed by atoms with Gasteiger partial charge in [-0.2, -0.15) is 0 Å². The molecular weight excluding hydrogens is 267 g/mol. The maximum atomic E-state index is 12.9. The fourth-order valence-corrected chi connectivity index (χ4v) is 2.14. The lowest BCUT2D eigenvalue weighted by Crippen LogP contribution is -2.14. The average molecular weight is 283 g/mol. The molecule has 2 rings (SSSR count). The summed E-state index contributed by atoms with van der Waals surface area (Å²) >= 11 is 0. The molecule has 0 amide bonds. The van der Waals surface area contributed by atoms with Crippen molar-refractivity contribution in [3.8, 4) is 5.69 Å². The third kappa shape index (κ3) is 2.85. The molecule has 1 aromatic carbocycles. The van der Waals surface area contributed by atoms with E-state index in [1.165, 1.54) is 12.1 Å². The molecule has 2 aromatic rings. The molecule has 0 aliphatic carbocycles. The van der Waals surface area contributed by atoms with Gasteiger partial charge in [-0.1, -0.05) is 0 Å². The van der Waals surface area contributed by atoms with Gasteiger partial charge in [-0.05, 0) is 44.2 Å². The Balaban J connectivity index is 0.00000180. The Kier molecular flexibility index (Phi) is 4.86. The molecule has 0 unspecified atom stereocenters. The number of aromatic nitrogens is 1. The van der Waals surface area contributed by atoms with Crippen LogP contribution in [0.2, 0.25) is 0 Å². The zero-order chi connectivity index (χ0) is 13.3. The van der Waals surface area contributed by atoms with E-state index in [1.54, 1.807) is 12.1 Å². The summed E-state index contributed by atoms with van der Waals surface area (Å²) in [7, 11) is 0. The predicted octanol–water partition coefficient (Wildman–Crippen LogP) is 2.80. The van der Waals surface area contributed by atoms with Crippen LogP contribution in [0.15, 0.2) is 30.3 Å². The molecule has 0 radical (unpaired) electrons. The van der Waals surface area contributed by atoms with Crippen LogP contribution in [0.1, 0.15) is 21.7 Å². The Labute approximate surface area is 117 Å². The Bertz CT molecular complexity index is 590. The molecule has 1 aromatic heterocycles. The Morgan fingerprint density at radius 1 is 1.26 bits per heavy atom. The average Bonchev–Trinajstić information content (AvgIpc) is 2.65. The van der Waals surface area contributed by atoms with Crippen LogP contribution in [0.4, 0.5) is 4.39 Å². The van der Waals surface area contributed by atoms with Crippen molar-refractivity contribution in [2.24, 2.45) is 5.73 Å². The standard InChI is InChI=1S/C14H15FN2O.ClH/c1-9-7-13(14(18)8-16)10(2)17(9)12-5-3-11(15)4-6-12;/h3-7H,8,16H2,1-2H3;1H. The first-order valence-electron chi connectivity index (χ1n) is 5.72. The fourth-order valence-electron chi connectivity index (χ4n) is 2.14. The van der Waals surface area contributed by atoms with E-state index in [0.717, 1.165) is 17.1 Å². The molecule has 19 heavy (non-hydrogen) atoms. The summed E-state index contributed by atoms with van der Waals surface area (Å²) in [6.45, 7) is 3.76. The van der Waals surface area contributed by atoms with E-state index >= 15 is 0 Å². The number of ketones is 1. The molecule has 0 saturated heterocycles. The third-order valence-electron chi connectivity index (χ3n) is 3.00. The summed E-state index contributed by atoms with van der Waals surface area (Å²) in [5.74, 6) is -0.365. The Morgan fingerprint density at radius 2 is 1.84 bits per heavy atom. The van der Waals surface area contributed by atoms with Crippen LogP contribution in [-0.4, -0.2) is 16.9 Å². The molecule has 0 saturated carbocycles. The second-order valence-electron chi connectivity index (χ2n) is 4.22. The highest BCUT2D eigenvalue weighted by Crippen LogP contribution is 2.21. The van der Waals surface area contributed by atoms with Gasteiger partial charge >= 0.3 is 0 Å². The molecule has 0 spiro atoms. The lowest BCUT2D eigenvalue weighted by Gasteiger charge is -2.09. The van der Waals surface area contributed by atoms with Gasteiger partial charge in [0.15, 0.2) is 5.78 Å². The highest BCUT2D eigenvalue weighted by molar-refractivity contribution is 5.99. The molecule has 0 atom stereocenters. The summed E-state index contributed by atoms with van der Waals surface area (Å²) in [6, 6.07) is 7.99. The largest absolute Gasteiger partial charge is 0.324 e. The second kappa shape index (κ2) is 5.99. The highest BCUT2D eigenvalue weighted by atomic mass is 35.5. The highest BCUT2D eigenvalue weighted by Gasteiger charge is 2.15. The van der Waals surface area contributed by atoms with Crippen LogP contribution in [0, 0.1) is 19.7 Å². The van der Waals surface area contributed by atoms with Crippen molar-refractivity contribution in [3.63, 3.8) is 0 Å². The summed E-state index contributed by atoms with van der Waals surface area (Å²) in [5, 5.41) is 0. The summed E-state index contributed by atoms with van der Waals surface area (Å²) in [4.78, 5) is 11.7. The van der Waals surface area contributed by atoms with E-state index in [1.807, 2.05) is 24.5 Å². The summed E-state index contributed by atoms with van der Waals surface area (Å²) in [6.07, 6.45) is 0. The lowest BCUT2D eigenvalue weighted by molar-refractivity contribution is 0.100. The van der Waals surface area contributed by atoms with E-state index in [9.17, 15) is 9.18 Å². The third-order valence-corrected chi connectivity index (χ3v) is 3.00. The van der Waals surface area contributed by atoms with E-state index in [-0.39, 0.29) is 30.6 Å². The monoisotopic (exact) mass is 282 g/mol. The van der Waals surface area contributed by atoms with Crippen LogP contribution < -0.4 is 5.73 Å². The molecule has 0 bridgehead atoms. The van der Waals surface area contributed by atoms with E-state index in [4.69, 9.17) is 5.73 Å². The minimum absolute atomic E-state index is 0. The number of halogens is 2. The summed E-state index contributed by atoms with van der Waals surface area (Å²) < 4.78 is 14.8. The fraction of sp³-hybridized carbons (Fsp3) is 0.214. The van der Waals surface area contributed by atoms with Crippen LogP contribution in [-0.2, 0) is 0 Å². The van der Waals surface area contributed by atoms with Crippen molar-refractivity contribution < 1.29 is 9.18 Å². The smallest absolute Gasteiger partial charge is 0.178 e. The normalized spacial score (nSPS) is 10.1. The molecule has 0 aliphatic heterocycles. The topological polar surface area (TPSA) is 48.0 Å². The second-order valence-corrected chi connectivity index (χ2v) is 4.22. The number of aryl methyl sites for hydroxylation is 1. The van der Waals surface area contributed by atoms with Crippen LogP contribution in [0.25, 0.3) is 5.69 Å². The van der Waals surface area contributed by atoms with Crippen molar-refractivity contribution in [2.45, 2.75) is 13.8 Å². The van der Waals surface area contributed by atoms with Gasteiger partial charge in [0.25, 0.3) is 0 Å². The first-order valence-corrected chi connectivity index (χ1v) is 5.72. The van der Waals surface area contributed by atoms with Gasteiger partial charge in [-0.3, -0.25) is 4.79 Å². The zero-order valence-corrected chi connectivity index (χ0v) is 11.6. The van der Waals surface area contributed by atoms with Crippen LogP contribution >= 0.6 is 12.4 Å². The van der Waals surface area contributed by atoms with Gasteiger partial charge in [-0.25, -0.2) is 4.39 Å². The predicted molar refractivity (Wildman–Crippen MR) is 75.8 cm³/mol. The van der Waals surface area contributed by atoms with Gasteiger partial charge in [-0.15, -0.1) is 12.4 Å². The van der Waals surface area contributed by atoms with Gasteiger partial charge in [0.05, 0.1) is 6.54 Å². The van der Waals surface area contributed by atoms with Crippen LogP contribution in [0.5, 0.6) is 0 Å². The number of nitrogens with zero attached hydrogens (tertiary/aromatic N) is 1. The molecule has 1 heterocycles. The number of hydrogen-bond donors (Lipinski definition) is 1. The zero-order valence-electron chi connectivity index (χ0n) is 10.8. The number of carbonyl (C=O) groups is 1. The number of benzene rings is 1. The maximum Gasteiger partial charge on any atom is 0.178 e. The minimum Gasteiger partial charge on any atom is -0.324 e. The molecule has 0 aliphatic rings. The molecule has 0 fully saturated rings. The summed E-state index contributed by atoms with van der Waals surface area (Å²) in [5.41, 5.74) is 8.60. The van der Waals surface area contributed by atoms with Crippen molar-refractivity contribution >= 4 is 18.2 Å². The van der Waals surface area contributed by atoms with E-state index in [0.29, 0.717) is 5.56 Å². The molecule has 102 valence electrons. The van der Waals surface area contributed by atoms with E-state index in [2.05, 4.69) is 0 Å². The molecular formula is C14H16ClFN2O. The van der Waals surface area contributed by atoms with Crippen LogP contribution in [0.3, 0.4) is 0 Å². The van der Waals surface area contributed by atoms with Crippen molar-refractivity contribution in [3.05, 3.63) is 53.1 Å². The van der Waals surface area contributed by atoms with Crippen molar-refractivity contribution in [1.29, 1.82) is 0 Å². The molecule has 5 heteroatoms. The Hall–Kier alpha value is -1.65. The first-order chi connectivity index (χ1) is 8.54. The number of carbonyl (C=O) groups excluding carboxylic acids is 1. The number of hydrogen-bond acceptors (Lipinski definition) is 2. The van der Waals surface area contributed by atoms with Gasteiger partial charge in [0, 0.05) is 22.6 Å². The number of Topliss-reactive ketones (excluding diaryl/α,β-unsaturated/α-hetero) is 1. The SMILES string of the molecule is Cc1cc(C(=O)CN)c(C)n1-c1ccc(F)cc1.Cl. The molecule has 2 N–H and O–H groups in total. The molecule has 3 nitrogen and oxygen atoms in total. The lowest BCUT2D eigenvalue weighted by atomic mass is 10.1. The van der Waals surface area contributed by atoms with Gasteiger partial charge in [0.2, 0.25) is 0 Å². The van der Waals surface area contributed by atoms with E-state index < -0.39 is 0 Å². The maximum absolute atomic E-state index is 12.9. The van der Waals surface area contributed by atoms with Gasteiger partial charge < -0.3 is 10.3 Å². The minimum atomic E-state index is -0.278. The first kappa shape index (κ1) is 15.4. The van der Waals surface area contributed by atoms with Gasteiger partial charge in [0.1, 0.15) is 5.82 Å². The number of rotatable bonds is 3. The number of nitrogens with two attached hydrogens (primary N) is 1.